The molecule has 0 unspecified atom stereocenters. The summed E-state index contributed by atoms with van der Waals surface area (Å²) in [4.78, 5) is 14.4. The zero-order chi connectivity index (χ0) is 12.5. The van der Waals surface area contributed by atoms with Crippen LogP contribution in [0.15, 0.2) is 31.0 Å². The molecule has 0 aliphatic rings. The van der Waals surface area contributed by atoms with E-state index in [0.717, 1.165) is 6.20 Å². The molecule has 0 bridgehead atoms. The third-order valence-corrected chi connectivity index (χ3v) is 1.52. The van der Waals surface area contributed by atoms with E-state index in [1.165, 1.54) is 13.4 Å². The molecule has 17 heavy (non-hydrogen) atoms. The van der Waals surface area contributed by atoms with Gasteiger partial charge in [-0.2, -0.15) is 4.98 Å². The molecule has 2 rings (SSSR count). The molecule has 0 aliphatic heterocycles. The van der Waals surface area contributed by atoms with Crippen LogP contribution in [0.4, 0.5) is 10.2 Å². The fourth-order valence-electron chi connectivity index (χ4n) is 0.804. The normalized spacial score (nSPS) is 8.88. The monoisotopic (exact) mass is 238 g/mol. The number of nitrogens with two attached hydrogens (primary N) is 1. The summed E-state index contributed by atoms with van der Waals surface area (Å²) in [6.45, 7) is 0. The first-order chi connectivity index (χ1) is 8.27. The summed E-state index contributed by atoms with van der Waals surface area (Å²) in [7, 11) is 1.38. The van der Waals surface area contributed by atoms with Crippen molar-refractivity contribution in [1.29, 1.82) is 0 Å². The Morgan fingerprint density at radius 1 is 1.35 bits per heavy atom. The SMILES string of the molecule is COc1ncc(F)c(NN)n1.c1cncnc1. The number of anilines is 1. The van der Waals surface area contributed by atoms with Gasteiger partial charge in [0.15, 0.2) is 11.6 Å². The predicted octanol–water partition coefficient (Wildman–Crippen LogP) is 0.386. The molecule has 7 nitrogen and oxygen atoms in total. The van der Waals surface area contributed by atoms with Crippen LogP contribution in [-0.2, 0) is 0 Å². The number of aromatic nitrogens is 4. The Hall–Kier alpha value is -2.35. The van der Waals surface area contributed by atoms with E-state index in [1.807, 2.05) is 0 Å². The topological polar surface area (TPSA) is 98.8 Å². The minimum Gasteiger partial charge on any atom is -0.467 e. The second-order valence-electron chi connectivity index (χ2n) is 2.60. The molecule has 8 heteroatoms. The molecular formula is C9H11FN6O. The first-order valence-electron chi connectivity index (χ1n) is 4.51. The number of rotatable bonds is 2. The molecule has 2 aromatic rings. The van der Waals surface area contributed by atoms with Crippen LogP contribution in [0.5, 0.6) is 6.01 Å². The molecule has 3 N–H and O–H groups in total. The lowest BCUT2D eigenvalue weighted by molar-refractivity contribution is 0.377. The number of nitrogens with one attached hydrogen (secondary N) is 1. The third-order valence-electron chi connectivity index (χ3n) is 1.52. The van der Waals surface area contributed by atoms with Crippen molar-refractivity contribution in [3.8, 4) is 6.01 Å². The summed E-state index contributed by atoms with van der Waals surface area (Å²) in [6.07, 6.45) is 5.85. The van der Waals surface area contributed by atoms with Crippen molar-refractivity contribution in [3.05, 3.63) is 36.8 Å². The smallest absolute Gasteiger partial charge is 0.318 e. The van der Waals surface area contributed by atoms with Crippen molar-refractivity contribution in [2.45, 2.75) is 0 Å². The molecule has 0 fully saturated rings. The Morgan fingerprint density at radius 3 is 2.47 bits per heavy atom. The van der Waals surface area contributed by atoms with Gasteiger partial charge < -0.3 is 10.2 Å². The van der Waals surface area contributed by atoms with E-state index < -0.39 is 5.82 Å². The highest BCUT2D eigenvalue weighted by Gasteiger charge is 2.03. The van der Waals surface area contributed by atoms with Crippen molar-refractivity contribution in [3.63, 3.8) is 0 Å². The van der Waals surface area contributed by atoms with E-state index >= 15 is 0 Å². The molecule has 90 valence electrons. The summed E-state index contributed by atoms with van der Waals surface area (Å²) in [5, 5.41) is 0. The van der Waals surface area contributed by atoms with E-state index in [2.05, 4.69) is 30.1 Å². The van der Waals surface area contributed by atoms with Crippen LogP contribution in [0.3, 0.4) is 0 Å². The average Bonchev–Trinajstić information content (AvgIpc) is 2.42. The highest BCUT2D eigenvalue weighted by Crippen LogP contribution is 2.10. The van der Waals surface area contributed by atoms with Crippen molar-refractivity contribution >= 4 is 5.82 Å². The molecule has 0 saturated heterocycles. The summed E-state index contributed by atoms with van der Waals surface area (Å²) >= 11 is 0. The van der Waals surface area contributed by atoms with Crippen molar-refractivity contribution in [2.24, 2.45) is 5.84 Å². The first-order valence-corrected chi connectivity index (χ1v) is 4.51. The number of hydrogen-bond acceptors (Lipinski definition) is 7. The van der Waals surface area contributed by atoms with Gasteiger partial charge in [0, 0.05) is 12.4 Å². The fraction of sp³-hybridized carbons (Fsp3) is 0.111. The van der Waals surface area contributed by atoms with Gasteiger partial charge in [-0.1, -0.05) is 0 Å². The van der Waals surface area contributed by atoms with Crippen LogP contribution < -0.4 is 16.0 Å². The van der Waals surface area contributed by atoms with Crippen molar-refractivity contribution < 1.29 is 9.13 Å². The Morgan fingerprint density at radius 2 is 2.06 bits per heavy atom. The lowest BCUT2D eigenvalue weighted by Gasteiger charge is -2.01. The second kappa shape index (κ2) is 7.01. The molecule has 0 spiro atoms. The maximum Gasteiger partial charge on any atom is 0.318 e. The summed E-state index contributed by atoms with van der Waals surface area (Å²) in [6, 6.07) is 1.85. The van der Waals surface area contributed by atoms with Crippen LogP contribution in [0.2, 0.25) is 0 Å². The zero-order valence-corrected chi connectivity index (χ0v) is 9.04. The molecule has 2 heterocycles. The van der Waals surface area contributed by atoms with E-state index in [-0.39, 0.29) is 11.8 Å². The van der Waals surface area contributed by atoms with Gasteiger partial charge in [-0.25, -0.2) is 25.2 Å². The van der Waals surface area contributed by atoms with Crippen molar-refractivity contribution in [1.82, 2.24) is 19.9 Å². The largest absolute Gasteiger partial charge is 0.467 e. The van der Waals surface area contributed by atoms with Crippen LogP contribution in [0.25, 0.3) is 0 Å². The van der Waals surface area contributed by atoms with Gasteiger partial charge >= 0.3 is 6.01 Å². The van der Waals surface area contributed by atoms with Gasteiger partial charge in [-0.3, -0.25) is 0 Å². The Kier molecular flexibility index (Phi) is 5.25. The number of halogens is 1. The standard InChI is InChI=1S/C5H7FN4O.C4H4N2/c1-11-5-8-2-3(6)4(9-5)10-7;1-2-5-4-6-3-1/h2H,7H2,1H3,(H,8,9,10);1-4H. The van der Waals surface area contributed by atoms with Crippen molar-refractivity contribution in [2.75, 3.05) is 12.5 Å². The Balaban J connectivity index is 0.000000202. The van der Waals surface area contributed by atoms with E-state index in [4.69, 9.17) is 5.84 Å². The van der Waals surface area contributed by atoms with Gasteiger partial charge in [0.25, 0.3) is 0 Å². The second-order valence-corrected chi connectivity index (χ2v) is 2.60. The average molecular weight is 238 g/mol. The van der Waals surface area contributed by atoms with Gasteiger partial charge in [-0.05, 0) is 6.07 Å². The fourth-order valence-corrected chi connectivity index (χ4v) is 0.804. The van der Waals surface area contributed by atoms with Gasteiger partial charge in [0.05, 0.1) is 13.3 Å². The minimum absolute atomic E-state index is 0.0688. The number of methoxy groups -OCH3 is 1. The van der Waals surface area contributed by atoms with E-state index in [9.17, 15) is 4.39 Å². The maximum atomic E-state index is 12.6. The summed E-state index contributed by atoms with van der Waals surface area (Å²) in [5.74, 6) is 4.23. The summed E-state index contributed by atoms with van der Waals surface area (Å²) < 4.78 is 17.2. The number of nitrogens with zero attached hydrogens (tertiary/aromatic N) is 4. The molecular weight excluding hydrogens is 227 g/mol. The van der Waals surface area contributed by atoms with Gasteiger partial charge in [-0.15, -0.1) is 0 Å². The van der Waals surface area contributed by atoms with Crippen LogP contribution in [0.1, 0.15) is 0 Å². The highest BCUT2D eigenvalue weighted by molar-refractivity contribution is 5.33. The van der Waals surface area contributed by atoms with Crippen LogP contribution in [-0.4, -0.2) is 27.0 Å². The summed E-state index contributed by atoms with van der Waals surface area (Å²) in [5.41, 5.74) is 2.06. The third kappa shape index (κ3) is 4.34. The molecule has 0 saturated carbocycles. The lowest BCUT2D eigenvalue weighted by atomic mass is 10.6. The molecule has 0 aliphatic carbocycles. The quantitative estimate of drug-likeness (QED) is 0.576. The lowest BCUT2D eigenvalue weighted by Crippen LogP contribution is -2.11. The number of hydrogen-bond donors (Lipinski definition) is 2. The predicted molar refractivity (Wildman–Crippen MR) is 58.4 cm³/mol. The Bertz CT molecular complexity index is 414. The van der Waals surface area contributed by atoms with E-state index in [0.29, 0.717) is 0 Å². The molecule has 2 aromatic heterocycles. The van der Waals surface area contributed by atoms with E-state index in [1.54, 1.807) is 18.5 Å². The first kappa shape index (κ1) is 12.7. The van der Waals surface area contributed by atoms with Crippen LogP contribution in [0, 0.1) is 5.82 Å². The Labute approximate surface area is 96.9 Å². The molecule has 0 amide bonds. The molecule has 0 radical (unpaired) electrons. The maximum absolute atomic E-state index is 12.6. The number of hydrazine groups is 1. The minimum atomic E-state index is -0.617. The van der Waals surface area contributed by atoms with Gasteiger partial charge in [0.1, 0.15) is 6.33 Å². The van der Waals surface area contributed by atoms with Gasteiger partial charge in [0.2, 0.25) is 0 Å². The number of ether oxygens (including phenoxy) is 1. The number of nitrogen functional groups attached to an aromatic ring is 1. The highest BCUT2D eigenvalue weighted by atomic mass is 19.1. The zero-order valence-electron chi connectivity index (χ0n) is 9.04. The molecule has 0 atom stereocenters. The molecule has 0 aromatic carbocycles. The van der Waals surface area contributed by atoms with Crippen LogP contribution >= 0.6 is 0 Å².